The molecule has 1 fully saturated rings. The molecule has 3 heteroatoms. The first kappa shape index (κ1) is 13.8. The molecule has 2 unspecified atom stereocenters. The van der Waals surface area contributed by atoms with E-state index >= 15 is 0 Å². The smallest absolute Gasteiger partial charge is 0.126 e. The van der Waals surface area contributed by atoms with Crippen molar-refractivity contribution in [3.63, 3.8) is 0 Å². The van der Waals surface area contributed by atoms with Crippen molar-refractivity contribution in [1.82, 2.24) is 4.90 Å². The highest BCUT2D eigenvalue weighted by atomic mass is 16.5. The van der Waals surface area contributed by atoms with Gasteiger partial charge in [-0.1, -0.05) is 36.4 Å². The Hall–Kier alpha value is -1.84. The first-order chi connectivity index (χ1) is 10.8. The molecule has 1 saturated heterocycles. The number of rotatable bonds is 2. The van der Waals surface area contributed by atoms with Gasteiger partial charge in [0.1, 0.15) is 5.75 Å². The van der Waals surface area contributed by atoms with Crippen molar-refractivity contribution in [1.29, 1.82) is 0 Å². The molecule has 0 spiro atoms. The molecule has 0 radical (unpaired) electrons. The molecule has 4 rings (SSSR count). The van der Waals surface area contributed by atoms with Crippen molar-refractivity contribution in [3.05, 3.63) is 48.0 Å². The van der Waals surface area contributed by atoms with Crippen LogP contribution in [-0.4, -0.2) is 44.4 Å². The maximum absolute atomic E-state index is 5.71. The number of likely N-dealkylation sites (N-methyl/N-ethyl adjacent to an activating group) is 1. The van der Waals surface area contributed by atoms with Crippen LogP contribution in [0.1, 0.15) is 12.0 Å². The van der Waals surface area contributed by atoms with E-state index in [1.165, 1.54) is 21.9 Å². The summed E-state index contributed by atoms with van der Waals surface area (Å²) in [5.41, 5.74) is 2.77. The number of fused-ring (bicyclic) bond motifs is 3. The zero-order chi connectivity index (χ0) is 15.1. The Morgan fingerprint density at radius 1 is 1.09 bits per heavy atom. The Bertz CT molecular complexity index is 737. The van der Waals surface area contributed by atoms with E-state index in [9.17, 15) is 0 Å². The molecule has 2 aliphatic heterocycles. The Kier molecular flexibility index (Phi) is 3.40. The maximum Gasteiger partial charge on any atom is 0.126 e. The minimum absolute atomic E-state index is 0.392. The van der Waals surface area contributed by atoms with E-state index in [-0.39, 0.29) is 0 Å². The molecule has 0 saturated carbocycles. The third-order valence-corrected chi connectivity index (χ3v) is 5.00. The van der Waals surface area contributed by atoms with Crippen molar-refractivity contribution in [2.75, 3.05) is 27.4 Å². The van der Waals surface area contributed by atoms with Crippen LogP contribution in [0.4, 0.5) is 0 Å². The second-order valence-corrected chi connectivity index (χ2v) is 6.18. The topological polar surface area (TPSA) is 21.7 Å². The van der Waals surface area contributed by atoms with Gasteiger partial charge in [-0.2, -0.15) is 0 Å². The van der Waals surface area contributed by atoms with Gasteiger partial charge in [0.2, 0.25) is 0 Å². The monoisotopic (exact) mass is 295 g/mol. The molecule has 2 bridgehead atoms. The lowest BCUT2D eigenvalue weighted by atomic mass is 9.88. The van der Waals surface area contributed by atoms with Crippen LogP contribution >= 0.6 is 0 Å². The second-order valence-electron chi connectivity index (χ2n) is 6.18. The predicted molar refractivity (Wildman–Crippen MR) is 89.3 cm³/mol. The van der Waals surface area contributed by atoms with Gasteiger partial charge in [0.15, 0.2) is 0 Å². The van der Waals surface area contributed by atoms with Crippen LogP contribution in [0.25, 0.3) is 16.3 Å². The SMILES string of the molecule is COc1ccc(C2=CC3COCC(C2)N3C)c2ccccc12. The van der Waals surface area contributed by atoms with Gasteiger partial charge in [-0.15, -0.1) is 0 Å². The van der Waals surface area contributed by atoms with E-state index in [2.05, 4.69) is 54.4 Å². The van der Waals surface area contributed by atoms with Crippen molar-refractivity contribution < 1.29 is 9.47 Å². The number of morpholine rings is 1. The molecule has 0 amide bonds. The van der Waals surface area contributed by atoms with Gasteiger partial charge in [-0.3, -0.25) is 4.90 Å². The average molecular weight is 295 g/mol. The van der Waals surface area contributed by atoms with E-state index < -0.39 is 0 Å². The molecule has 0 aliphatic carbocycles. The van der Waals surface area contributed by atoms with Gasteiger partial charge in [0.05, 0.1) is 26.4 Å². The molecule has 0 N–H and O–H groups in total. The number of methoxy groups -OCH3 is 1. The maximum atomic E-state index is 5.71. The highest BCUT2D eigenvalue weighted by Gasteiger charge is 2.32. The fourth-order valence-electron chi connectivity index (χ4n) is 3.68. The molecule has 2 aliphatic rings. The lowest BCUT2D eigenvalue weighted by Crippen LogP contribution is -2.51. The van der Waals surface area contributed by atoms with Gasteiger partial charge in [-0.05, 0) is 36.1 Å². The lowest BCUT2D eigenvalue weighted by Gasteiger charge is -2.42. The average Bonchev–Trinajstić information content (AvgIpc) is 2.54. The van der Waals surface area contributed by atoms with Gasteiger partial charge in [-0.25, -0.2) is 0 Å². The molecule has 2 aromatic carbocycles. The number of hydrogen-bond donors (Lipinski definition) is 0. The van der Waals surface area contributed by atoms with Gasteiger partial charge >= 0.3 is 0 Å². The molecule has 2 heterocycles. The van der Waals surface area contributed by atoms with Crippen molar-refractivity contribution in [3.8, 4) is 5.75 Å². The number of nitrogens with zero attached hydrogens (tertiary/aromatic N) is 1. The van der Waals surface area contributed by atoms with E-state index in [1.807, 2.05) is 0 Å². The van der Waals surface area contributed by atoms with Gasteiger partial charge in [0.25, 0.3) is 0 Å². The zero-order valence-electron chi connectivity index (χ0n) is 13.1. The highest BCUT2D eigenvalue weighted by Crippen LogP contribution is 2.37. The Morgan fingerprint density at radius 2 is 1.91 bits per heavy atom. The summed E-state index contributed by atoms with van der Waals surface area (Å²) in [5.74, 6) is 0.941. The van der Waals surface area contributed by atoms with E-state index in [0.29, 0.717) is 12.1 Å². The lowest BCUT2D eigenvalue weighted by molar-refractivity contribution is -0.0221. The highest BCUT2D eigenvalue weighted by molar-refractivity contribution is 5.97. The fraction of sp³-hybridized carbons (Fsp3) is 0.368. The Labute approximate surface area is 131 Å². The van der Waals surface area contributed by atoms with Crippen LogP contribution in [0.2, 0.25) is 0 Å². The van der Waals surface area contributed by atoms with Gasteiger partial charge < -0.3 is 9.47 Å². The van der Waals surface area contributed by atoms with Crippen LogP contribution < -0.4 is 4.74 Å². The molecule has 22 heavy (non-hydrogen) atoms. The molecule has 114 valence electrons. The second kappa shape index (κ2) is 5.41. The summed E-state index contributed by atoms with van der Waals surface area (Å²) in [7, 11) is 3.94. The van der Waals surface area contributed by atoms with E-state index in [1.54, 1.807) is 7.11 Å². The van der Waals surface area contributed by atoms with E-state index in [4.69, 9.17) is 9.47 Å². The van der Waals surface area contributed by atoms with Crippen LogP contribution in [0.5, 0.6) is 5.75 Å². The first-order valence-corrected chi connectivity index (χ1v) is 7.84. The third kappa shape index (κ3) is 2.13. The van der Waals surface area contributed by atoms with Crippen molar-refractivity contribution in [2.45, 2.75) is 18.5 Å². The van der Waals surface area contributed by atoms with Crippen LogP contribution in [0, 0.1) is 0 Å². The summed E-state index contributed by atoms with van der Waals surface area (Å²) in [4.78, 5) is 2.44. The third-order valence-electron chi connectivity index (χ3n) is 5.00. The standard InChI is InChI=1S/C19H21NO2/c1-20-14-9-13(10-15(20)12-22-11-14)16-7-8-19(21-2)18-6-4-3-5-17(16)18/h3-9,14-15H,10-12H2,1-2H3. The van der Waals surface area contributed by atoms with Crippen LogP contribution in [0.3, 0.4) is 0 Å². The van der Waals surface area contributed by atoms with Crippen molar-refractivity contribution in [2.24, 2.45) is 0 Å². The Morgan fingerprint density at radius 3 is 2.68 bits per heavy atom. The van der Waals surface area contributed by atoms with Gasteiger partial charge in [0, 0.05) is 11.4 Å². The summed E-state index contributed by atoms with van der Waals surface area (Å²) in [6.07, 6.45) is 3.42. The summed E-state index contributed by atoms with van der Waals surface area (Å²) < 4.78 is 11.2. The minimum Gasteiger partial charge on any atom is -0.496 e. The molecule has 3 nitrogen and oxygen atoms in total. The summed E-state index contributed by atoms with van der Waals surface area (Å²) >= 11 is 0. The normalized spacial score (nSPS) is 25.1. The molecule has 2 aromatic rings. The Balaban J connectivity index is 1.85. The number of benzene rings is 2. The summed E-state index contributed by atoms with van der Waals surface area (Å²) in [5, 5.41) is 2.46. The quantitative estimate of drug-likeness (QED) is 0.848. The fourth-order valence-corrected chi connectivity index (χ4v) is 3.68. The molecule has 2 atom stereocenters. The van der Waals surface area contributed by atoms with Crippen molar-refractivity contribution >= 4 is 16.3 Å². The zero-order valence-corrected chi connectivity index (χ0v) is 13.1. The summed E-state index contributed by atoms with van der Waals surface area (Å²) in [6, 6.07) is 13.7. The van der Waals surface area contributed by atoms with Crippen LogP contribution in [0.15, 0.2) is 42.5 Å². The largest absolute Gasteiger partial charge is 0.496 e. The number of hydrogen-bond acceptors (Lipinski definition) is 3. The predicted octanol–water partition coefficient (Wildman–Crippen LogP) is 3.33. The van der Waals surface area contributed by atoms with E-state index in [0.717, 1.165) is 25.4 Å². The number of ether oxygens (including phenoxy) is 2. The molecular weight excluding hydrogens is 274 g/mol. The first-order valence-electron chi connectivity index (χ1n) is 7.84. The van der Waals surface area contributed by atoms with Crippen LogP contribution in [-0.2, 0) is 4.74 Å². The molecule has 0 aromatic heterocycles. The minimum atomic E-state index is 0.392. The molecular formula is C19H21NO2. The summed E-state index contributed by atoms with van der Waals surface area (Å²) in [6.45, 7) is 1.63.